The van der Waals surface area contributed by atoms with Crippen molar-refractivity contribution >= 4 is 40.5 Å². The van der Waals surface area contributed by atoms with Gasteiger partial charge in [-0.25, -0.2) is 9.18 Å². The zero-order valence-electron chi connectivity index (χ0n) is 11.9. The largest absolute Gasteiger partial charge is 0.448 e. The minimum Gasteiger partial charge on any atom is -0.448 e. The summed E-state index contributed by atoms with van der Waals surface area (Å²) >= 11 is 7.08. The topological polar surface area (TPSA) is 55.4 Å². The van der Waals surface area contributed by atoms with Crippen LogP contribution in [-0.4, -0.2) is 18.0 Å². The molecule has 1 aromatic heterocycles. The second-order valence-corrected chi connectivity index (χ2v) is 5.92. The summed E-state index contributed by atoms with van der Waals surface area (Å²) in [5, 5.41) is 4.33. The van der Waals surface area contributed by atoms with Gasteiger partial charge in [-0.05, 0) is 49.1 Å². The maximum Gasteiger partial charge on any atom is 0.349 e. The molecule has 1 atom stereocenters. The van der Waals surface area contributed by atoms with Crippen LogP contribution in [0.2, 0.25) is 5.02 Å². The van der Waals surface area contributed by atoms with Crippen molar-refractivity contribution in [1.82, 2.24) is 0 Å². The lowest BCUT2D eigenvalue weighted by molar-refractivity contribution is -0.123. The monoisotopic (exact) mass is 341 g/mol. The minimum absolute atomic E-state index is 0.0703. The van der Waals surface area contributed by atoms with Gasteiger partial charge in [-0.1, -0.05) is 11.6 Å². The number of benzene rings is 1. The van der Waals surface area contributed by atoms with Crippen LogP contribution in [0, 0.1) is 12.7 Å². The van der Waals surface area contributed by atoms with Crippen LogP contribution < -0.4 is 5.32 Å². The van der Waals surface area contributed by atoms with Crippen LogP contribution >= 0.6 is 22.9 Å². The van der Waals surface area contributed by atoms with Crippen molar-refractivity contribution in [3.05, 3.63) is 50.9 Å². The van der Waals surface area contributed by atoms with E-state index >= 15 is 0 Å². The quantitative estimate of drug-likeness (QED) is 0.854. The van der Waals surface area contributed by atoms with E-state index in [9.17, 15) is 14.0 Å². The molecule has 1 N–H and O–H groups in total. The van der Waals surface area contributed by atoms with Gasteiger partial charge in [-0.3, -0.25) is 4.79 Å². The first-order valence-electron chi connectivity index (χ1n) is 6.39. The lowest BCUT2D eigenvalue weighted by Crippen LogP contribution is -2.30. The number of aryl methyl sites for hydroxylation is 1. The van der Waals surface area contributed by atoms with E-state index in [0.717, 1.165) is 11.6 Å². The first-order valence-corrected chi connectivity index (χ1v) is 7.65. The van der Waals surface area contributed by atoms with Crippen LogP contribution in [0.25, 0.3) is 0 Å². The highest BCUT2D eigenvalue weighted by Gasteiger charge is 2.21. The third-order valence-electron chi connectivity index (χ3n) is 2.89. The molecular formula is C15H13ClFNO3S. The minimum atomic E-state index is -1.00. The van der Waals surface area contributed by atoms with Gasteiger partial charge in [-0.15, -0.1) is 11.3 Å². The number of anilines is 1. The number of hydrogen-bond donors (Lipinski definition) is 1. The summed E-state index contributed by atoms with van der Waals surface area (Å²) in [6, 6.07) is 5.40. The van der Waals surface area contributed by atoms with Crippen molar-refractivity contribution in [2.45, 2.75) is 20.0 Å². The Kier molecular flexibility index (Phi) is 5.15. The first kappa shape index (κ1) is 16.5. The van der Waals surface area contributed by atoms with Gasteiger partial charge in [0.25, 0.3) is 5.91 Å². The van der Waals surface area contributed by atoms with Gasteiger partial charge < -0.3 is 10.1 Å². The molecular weight excluding hydrogens is 329 g/mol. The number of thiophene rings is 1. The highest BCUT2D eigenvalue weighted by molar-refractivity contribution is 7.12. The Morgan fingerprint density at radius 2 is 2.09 bits per heavy atom. The summed E-state index contributed by atoms with van der Waals surface area (Å²) in [7, 11) is 0. The van der Waals surface area contributed by atoms with E-state index in [0.29, 0.717) is 4.88 Å². The molecule has 22 heavy (non-hydrogen) atoms. The normalized spacial score (nSPS) is 11.8. The Balaban J connectivity index is 2.00. The van der Waals surface area contributed by atoms with Crippen molar-refractivity contribution in [2.24, 2.45) is 0 Å². The van der Waals surface area contributed by atoms with Gasteiger partial charge in [0, 0.05) is 0 Å². The number of amides is 1. The van der Waals surface area contributed by atoms with E-state index in [4.69, 9.17) is 16.3 Å². The van der Waals surface area contributed by atoms with Gasteiger partial charge in [0.05, 0.1) is 10.7 Å². The first-order chi connectivity index (χ1) is 10.4. The van der Waals surface area contributed by atoms with Crippen molar-refractivity contribution in [3.63, 3.8) is 0 Å². The summed E-state index contributed by atoms with van der Waals surface area (Å²) in [5.41, 5.74) is 1.05. The Morgan fingerprint density at radius 1 is 1.36 bits per heavy atom. The second-order valence-electron chi connectivity index (χ2n) is 4.59. The number of esters is 1. The van der Waals surface area contributed by atoms with Crippen LogP contribution in [0.1, 0.15) is 22.2 Å². The smallest absolute Gasteiger partial charge is 0.349 e. The standard InChI is InChI=1S/C15H13ClFNO3S/c1-8-5-6-22-13(8)15(20)21-9(2)14(19)18-12-4-3-10(17)7-11(12)16/h3-7,9H,1-2H3,(H,18,19). The molecule has 1 aromatic carbocycles. The van der Waals surface area contributed by atoms with E-state index in [1.54, 1.807) is 18.4 Å². The number of ether oxygens (including phenoxy) is 1. The zero-order chi connectivity index (χ0) is 16.3. The highest BCUT2D eigenvalue weighted by atomic mass is 35.5. The summed E-state index contributed by atoms with van der Waals surface area (Å²) in [6.07, 6.45) is -1.00. The maximum atomic E-state index is 12.9. The maximum absolute atomic E-state index is 12.9. The molecule has 2 rings (SSSR count). The van der Waals surface area contributed by atoms with Crippen molar-refractivity contribution in [2.75, 3.05) is 5.32 Å². The number of carbonyl (C=O) groups excluding carboxylic acids is 2. The molecule has 0 aliphatic rings. The fourth-order valence-electron chi connectivity index (χ4n) is 1.67. The molecule has 0 aliphatic carbocycles. The van der Waals surface area contributed by atoms with Crippen molar-refractivity contribution in [3.8, 4) is 0 Å². The molecule has 0 bridgehead atoms. The van der Waals surface area contributed by atoms with E-state index in [1.165, 1.54) is 30.4 Å². The summed E-state index contributed by atoms with van der Waals surface area (Å²) in [4.78, 5) is 24.4. The van der Waals surface area contributed by atoms with Crippen molar-refractivity contribution in [1.29, 1.82) is 0 Å². The molecule has 1 amide bonds. The third kappa shape index (κ3) is 3.84. The average molecular weight is 342 g/mol. The van der Waals surface area contributed by atoms with Gasteiger partial charge in [-0.2, -0.15) is 0 Å². The lowest BCUT2D eigenvalue weighted by Gasteiger charge is -2.14. The van der Waals surface area contributed by atoms with Crippen LogP contribution in [-0.2, 0) is 9.53 Å². The molecule has 0 saturated carbocycles. The Labute approximate surface area is 135 Å². The lowest BCUT2D eigenvalue weighted by atomic mass is 10.2. The van der Waals surface area contributed by atoms with Gasteiger partial charge >= 0.3 is 5.97 Å². The molecule has 0 spiro atoms. The molecule has 2 aromatic rings. The summed E-state index contributed by atoms with van der Waals surface area (Å²) in [5.74, 6) is -1.60. The number of hydrogen-bond acceptors (Lipinski definition) is 4. The number of carbonyl (C=O) groups is 2. The molecule has 0 fully saturated rings. The third-order valence-corrected chi connectivity index (χ3v) is 4.20. The molecule has 0 aliphatic heterocycles. The molecule has 116 valence electrons. The van der Waals surface area contributed by atoms with E-state index in [2.05, 4.69) is 5.32 Å². The fourth-order valence-corrected chi connectivity index (χ4v) is 2.70. The number of rotatable bonds is 4. The second kappa shape index (κ2) is 6.89. The number of halogens is 2. The average Bonchev–Trinajstić information content (AvgIpc) is 2.88. The molecule has 1 unspecified atom stereocenters. The Morgan fingerprint density at radius 3 is 2.68 bits per heavy atom. The van der Waals surface area contributed by atoms with Gasteiger partial charge in [0.2, 0.25) is 0 Å². The van der Waals surface area contributed by atoms with Crippen LogP contribution in [0.4, 0.5) is 10.1 Å². The zero-order valence-corrected chi connectivity index (χ0v) is 13.4. The fraction of sp³-hybridized carbons (Fsp3) is 0.200. The predicted molar refractivity (Wildman–Crippen MR) is 84.0 cm³/mol. The summed E-state index contributed by atoms with van der Waals surface area (Å²) in [6.45, 7) is 3.24. The van der Waals surface area contributed by atoms with Crippen molar-refractivity contribution < 1.29 is 18.7 Å². The molecule has 0 radical (unpaired) electrons. The van der Waals surface area contributed by atoms with E-state index in [1.807, 2.05) is 0 Å². The summed E-state index contributed by atoms with van der Waals surface area (Å²) < 4.78 is 18.1. The van der Waals surface area contributed by atoms with Gasteiger partial charge in [0.1, 0.15) is 10.7 Å². The van der Waals surface area contributed by atoms with Gasteiger partial charge in [0.15, 0.2) is 6.10 Å². The van der Waals surface area contributed by atoms with E-state index < -0.39 is 23.8 Å². The van der Waals surface area contributed by atoms with Crippen LogP contribution in [0.15, 0.2) is 29.6 Å². The van der Waals surface area contributed by atoms with Crippen LogP contribution in [0.5, 0.6) is 0 Å². The molecule has 0 saturated heterocycles. The Hall–Kier alpha value is -1.92. The molecule has 7 heteroatoms. The van der Waals surface area contributed by atoms with Crippen LogP contribution in [0.3, 0.4) is 0 Å². The SMILES string of the molecule is Cc1ccsc1C(=O)OC(C)C(=O)Nc1ccc(F)cc1Cl. The number of nitrogens with one attached hydrogen (secondary N) is 1. The molecule has 1 heterocycles. The highest BCUT2D eigenvalue weighted by Crippen LogP contribution is 2.23. The predicted octanol–water partition coefficient (Wildman–Crippen LogP) is 4.03. The molecule has 4 nitrogen and oxygen atoms in total. The van der Waals surface area contributed by atoms with E-state index in [-0.39, 0.29) is 10.7 Å². The Bertz CT molecular complexity index is 717.